The number of carbonyl (C=O) groups excluding carboxylic acids is 1. The Bertz CT molecular complexity index is 427. The predicted octanol–water partition coefficient (Wildman–Crippen LogP) is 2.25. The van der Waals surface area contributed by atoms with Crippen LogP contribution in [-0.4, -0.2) is 41.7 Å². The number of amides is 1. The molecule has 1 aliphatic rings. The first-order valence-electron chi connectivity index (χ1n) is 7.33. The smallest absolute Gasteiger partial charge is 0.225 e. The van der Waals surface area contributed by atoms with Crippen LogP contribution in [0, 0.1) is 0 Å². The number of nitrogens with one attached hydrogen (secondary N) is 1. The number of rotatable bonds is 6. The summed E-state index contributed by atoms with van der Waals surface area (Å²) < 4.78 is 0. The molecule has 20 heavy (non-hydrogen) atoms. The Morgan fingerprint density at radius 2 is 1.95 bits per heavy atom. The zero-order valence-corrected chi connectivity index (χ0v) is 12.1. The van der Waals surface area contributed by atoms with Crippen LogP contribution in [0.25, 0.3) is 0 Å². The van der Waals surface area contributed by atoms with Crippen LogP contribution < -0.4 is 5.32 Å². The molecule has 0 unspecified atom stereocenters. The summed E-state index contributed by atoms with van der Waals surface area (Å²) >= 11 is 0. The molecule has 1 aromatic carbocycles. The van der Waals surface area contributed by atoms with Crippen molar-refractivity contribution in [2.75, 3.05) is 25.5 Å². The Hall–Kier alpha value is -1.39. The van der Waals surface area contributed by atoms with Crippen molar-refractivity contribution >= 4 is 11.6 Å². The molecule has 0 bridgehead atoms. The molecule has 0 heterocycles. The molecule has 0 atom stereocenters. The molecular formula is C16H24N2O2. The van der Waals surface area contributed by atoms with Gasteiger partial charge in [-0.15, -0.1) is 0 Å². The summed E-state index contributed by atoms with van der Waals surface area (Å²) in [7, 11) is 1.96. The van der Waals surface area contributed by atoms with Gasteiger partial charge in [-0.25, -0.2) is 0 Å². The highest BCUT2D eigenvalue weighted by Gasteiger charge is 2.32. The van der Waals surface area contributed by atoms with E-state index in [9.17, 15) is 9.90 Å². The van der Waals surface area contributed by atoms with Crippen LogP contribution in [0.2, 0.25) is 0 Å². The minimum atomic E-state index is -0.537. The van der Waals surface area contributed by atoms with Gasteiger partial charge in [0.1, 0.15) is 0 Å². The Labute approximate surface area is 120 Å². The molecule has 1 aliphatic carbocycles. The van der Waals surface area contributed by atoms with Gasteiger partial charge in [-0.2, -0.15) is 0 Å². The monoisotopic (exact) mass is 276 g/mol. The average molecular weight is 276 g/mol. The van der Waals surface area contributed by atoms with Crippen LogP contribution in [0.4, 0.5) is 5.69 Å². The van der Waals surface area contributed by atoms with Crippen molar-refractivity contribution in [1.82, 2.24) is 4.90 Å². The van der Waals surface area contributed by atoms with E-state index in [1.807, 2.05) is 37.4 Å². The highest BCUT2D eigenvalue weighted by Crippen LogP contribution is 2.29. The van der Waals surface area contributed by atoms with Gasteiger partial charge in [0.25, 0.3) is 0 Å². The van der Waals surface area contributed by atoms with Crippen LogP contribution in [0.3, 0.4) is 0 Å². The Kier molecular flexibility index (Phi) is 5.15. The van der Waals surface area contributed by atoms with Gasteiger partial charge in [0.2, 0.25) is 5.91 Å². The van der Waals surface area contributed by atoms with Gasteiger partial charge < -0.3 is 15.3 Å². The van der Waals surface area contributed by atoms with Crippen LogP contribution in [0.5, 0.6) is 0 Å². The van der Waals surface area contributed by atoms with Crippen molar-refractivity contribution in [2.45, 2.75) is 37.7 Å². The maximum Gasteiger partial charge on any atom is 0.225 e. The molecule has 0 spiro atoms. The fourth-order valence-electron chi connectivity index (χ4n) is 2.81. The molecule has 0 saturated heterocycles. The number of anilines is 1. The van der Waals surface area contributed by atoms with E-state index in [1.165, 1.54) is 0 Å². The van der Waals surface area contributed by atoms with E-state index in [4.69, 9.17) is 0 Å². The molecule has 2 N–H and O–H groups in total. The number of benzene rings is 1. The van der Waals surface area contributed by atoms with Crippen LogP contribution in [0.15, 0.2) is 30.3 Å². The first-order valence-corrected chi connectivity index (χ1v) is 7.33. The fraction of sp³-hybridized carbons (Fsp3) is 0.562. The van der Waals surface area contributed by atoms with Crippen molar-refractivity contribution in [2.24, 2.45) is 0 Å². The first-order chi connectivity index (χ1) is 9.57. The largest absolute Gasteiger partial charge is 0.389 e. The summed E-state index contributed by atoms with van der Waals surface area (Å²) in [4.78, 5) is 13.9. The Morgan fingerprint density at radius 1 is 1.30 bits per heavy atom. The van der Waals surface area contributed by atoms with E-state index in [0.717, 1.165) is 31.4 Å². The zero-order chi connectivity index (χ0) is 14.4. The predicted molar refractivity (Wildman–Crippen MR) is 80.6 cm³/mol. The highest BCUT2D eigenvalue weighted by molar-refractivity contribution is 5.90. The Morgan fingerprint density at radius 3 is 2.60 bits per heavy atom. The number of carbonyl (C=O) groups is 1. The molecule has 0 radical (unpaired) electrons. The number of likely N-dealkylation sites (N-methyl/N-ethyl adjacent to an activating group) is 1. The van der Waals surface area contributed by atoms with E-state index in [0.29, 0.717) is 19.5 Å². The number of nitrogens with zero attached hydrogens (tertiary/aromatic N) is 1. The van der Waals surface area contributed by atoms with Gasteiger partial charge in [0.05, 0.1) is 5.60 Å². The van der Waals surface area contributed by atoms with Gasteiger partial charge >= 0.3 is 0 Å². The third-order valence-corrected chi connectivity index (χ3v) is 3.88. The van der Waals surface area contributed by atoms with E-state index in [-0.39, 0.29) is 5.91 Å². The van der Waals surface area contributed by atoms with E-state index in [2.05, 4.69) is 10.2 Å². The Balaban J connectivity index is 1.70. The van der Waals surface area contributed by atoms with Gasteiger partial charge in [0, 0.05) is 25.2 Å². The quantitative estimate of drug-likeness (QED) is 0.838. The van der Waals surface area contributed by atoms with Crippen LogP contribution in [0.1, 0.15) is 32.1 Å². The second-order valence-corrected chi connectivity index (χ2v) is 5.83. The number of para-hydroxylation sites is 1. The van der Waals surface area contributed by atoms with Crippen molar-refractivity contribution in [3.05, 3.63) is 30.3 Å². The van der Waals surface area contributed by atoms with E-state index < -0.39 is 5.60 Å². The van der Waals surface area contributed by atoms with Crippen molar-refractivity contribution in [3.63, 3.8) is 0 Å². The third kappa shape index (κ3) is 4.62. The summed E-state index contributed by atoms with van der Waals surface area (Å²) in [5.74, 6) is 0.0152. The summed E-state index contributed by atoms with van der Waals surface area (Å²) in [5.41, 5.74) is 0.291. The van der Waals surface area contributed by atoms with Crippen LogP contribution >= 0.6 is 0 Å². The third-order valence-electron chi connectivity index (χ3n) is 3.88. The molecule has 1 aromatic rings. The molecule has 1 saturated carbocycles. The fourth-order valence-corrected chi connectivity index (χ4v) is 2.81. The van der Waals surface area contributed by atoms with Gasteiger partial charge in [-0.3, -0.25) is 4.79 Å². The zero-order valence-electron chi connectivity index (χ0n) is 12.1. The maximum atomic E-state index is 11.8. The lowest BCUT2D eigenvalue weighted by atomic mass is 10.0. The van der Waals surface area contributed by atoms with E-state index in [1.54, 1.807) is 0 Å². The van der Waals surface area contributed by atoms with Gasteiger partial charge in [-0.1, -0.05) is 31.0 Å². The highest BCUT2D eigenvalue weighted by atomic mass is 16.3. The van der Waals surface area contributed by atoms with Crippen molar-refractivity contribution in [3.8, 4) is 0 Å². The summed E-state index contributed by atoms with van der Waals surface area (Å²) in [6.45, 7) is 1.33. The molecule has 110 valence electrons. The number of aliphatic hydroxyl groups is 1. The number of hydrogen-bond acceptors (Lipinski definition) is 3. The summed E-state index contributed by atoms with van der Waals surface area (Å²) in [5, 5.41) is 13.2. The van der Waals surface area contributed by atoms with Gasteiger partial charge in [-0.05, 0) is 32.0 Å². The lowest BCUT2D eigenvalue weighted by Gasteiger charge is -2.28. The van der Waals surface area contributed by atoms with Gasteiger partial charge in [0.15, 0.2) is 0 Å². The minimum Gasteiger partial charge on any atom is -0.389 e. The van der Waals surface area contributed by atoms with Crippen molar-refractivity contribution in [1.29, 1.82) is 0 Å². The van der Waals surface area contributed by atoms with Crippen LogP contribution in [-0.2, 0) is 4.79 Å². The lowest BCUT2D eigenvalue weighted by Crippen LogP contribution is -2.40. The standard InChI is InChI=1S/C16H24N2O2/c1-18(13-16(20)10-5-6-11-16)12-9-15(19)17-14-7-3-2-4-8-14/h2-4,7-8,20H,5-6,9-13H2,1H3,(H,17,19). The maximum absolute atomic E-state index is 11.8. The second-order valence-electron chi connectivity index (χ2n) is 5.83. The second kappa shape index (κ2) is 6.86. The molecular weight excluding hydrogens is 252 g/mol. The van der Waals surface area contributed by atoms with Crippen molar-refractivity contribution < 1.29 is 9.90 Å². The SMILES string of the molecule is CN(CCC(=O)Nc1ccccc1)CC1(O)CCCC1. The summed E-state index contributed by atoms with van der Waals surface area (Å²) in [6.07, 6.45) is 4.43. The summed E-state index contributed by atoms with van der Waals surface area (Å²) in [6, 6.07) is 9.48. The average Bonchev–Trinajstić information content (AvgIpc) is 2.84. The molecule has 1 amide bonds. The molecule has 1 fully saturated rings. The molecule has 0 aromatic heterocycles. The van der Waals surface area contributed by atoms with E-state index >= 15 is 0 Å². The number of hydrogen-bond donors (Lipinski definition) is 2. The molecule has 2 rings (SSSR count). The normalized spacial score (nSPS) is 17.4. The lowest BCUT2D eigenvalue weighted by molar-refractivity contribution is -0.116. The molecule has 0 aliphatic heterocycles. The topological polar surface area (TPSA) is 52.6 Å². The first kappa shape index (κ1) is 15.0. The molecule has 4 heteroatoms. The minimum absolute atomic E-state index is 0.0152. The molecule has 4 nitrogen and oxygen atoms in total.